The quantitative estimate of drug-likeness (QED) is 0.823. The number of rotatable bonds is 6. The number of nitrogens with zero attached hydrogens (tertiary/aromatic N) is 3. The Morgan fingerprint density at radius 1 is 1.33 bits per heavy atom. The lowest BCUT2D eigenvalue weighted by molar-refractivity contribution is -0.122. The Morgan fingerprint density at radius 3 is 2.79 bits per heavy atom. The van der Waals surface area contributed by atoms with Crippen LogP contribution >= 0.6 is 0 Å². The zero-order valence-corrected chi connectivity index (χ0v) is 13.9. The number of aromatic nitrogens is 2. The normalized spacial score (nSPS) is 21.1. The van der Waals surface area contributed by atoms with Gasteiger partial charge in [-0.05, 0) is 12.5 Å². The first-order valence-electron chi connectivity index (χ1n) is 8.30. The van der Waals surface area contributed by atoms with Gasteiger partial charge in [-0.25, -0.2) is 4.98 Å². The van der Waals surface area contributed by atoms with Gasteiger partial charge in [-0.3, -0.25) is 9.69 Å². The third-order valence-electron chi connectivity index (χ3n) is 4.58. The number of benzene rings is 1. The van der Waals surface area contributed by atoms with Gasteiger partial charge in [0.2, 0.25) is 5.91 Å². The first-order valence-corrected chi connectivity index (χ1v) is 8.30. The van der Waals surface area contributed by atoms with Crippen LogP contribution in [-0.2, 0) is 17.9 Å². The van der Waals surface area contributed by atoms with Gasteiger partial charge in [0.15, 0.2) is 0 Å². The molecular weight excluding hydrogens is 304 g/mol. The fourth-order valence-corrected chi connectivity index (χ4v) is 3.26. The number of aliphatic hydroxyl groups excluding tert-OH is 1. The Kier molecular flexibility index (Phi) is 5.27. The van der Waals surface area contributed by atoms with E-state index in [1.54, 1.807) is 12.4 Å². The van der Waals surface area contributed by atoms with E-state index in [9.17, 15) is 9.90 Å². The molecule has 1 fully saturated rings. The summed E-state index contributed by atoms with van der Waals surface area (Å²) >= 11 is 0. The molecule has 1 saturated heterocycles. The molecule has 24 heavy (non-hydrogen) atoms. The summed E-state index contributed by atoms with van der Waals surface area (Å²) in [4.78, 5) is 18.7. The third-order valence-corrected chi connectivity index (χ3v) is 4.58. The molecule has 1 aromatic carbocycles. The van der Waals surface area contributed by atoms with E-state index < -0.39 is 0 Å². The van der Waals surface area contributed by atoms with Crippen LogP contribution in [0.15, 0.2) is 42.7 Å². The van der Waals surface area contributed by atoms with Gasteiger partial charge in [-0.15, -0.1) is 0 Å². The number of carbonyl (C=O) groups is 1. The SMILES string of the molecule is Cc1nccn1CC(=O)N[C@@H]1CN(Cc2ccccc2)C[C@H]1CO. The van der Waals surface area contributed by atoms with Crippen LogP contribution in [-0.4, -0.2) is 51.2 Å². The largest absolute Gasteiger partial charge is 0.396 e. The summed E-state index contributed by atoms with van der Waals surface area (Å²) in [5.74, 6) is 0.851. The average Bonchev–Trinajstić information content (AvgIpc) is 3.14. The van der Waals surface area contributed by atoms with Crippen molar-refractivity contribution in [3.63, 3.8) is 0 Å². The molecule has 2 atom stereocenters. The summed E-state index contributed by atoms with van der Waals surface area (Å²) in [6.07, 6.45) is 3.49. The van der Waals surface area contributed by atoms with E-state index >= 15 is 0 Å². The second kappa shape index (κ2) is 7.59. The minimum atomic E-state index is -0.0406. The molecule has 1 amide bonds. The van der Waals surface area contributed by atoms with Crippen molar-refractivity contribution in [2.24, 2.45) is 5.92 Å². The van der Waals surface area contributed by atoms with Gasteiger partial charge < -0.3 is 15.0 Å². The number of hydrogen-bond acceptors (Lipinski definition) is 4. The monoisotopic (exact) mass is 328 g/mol. The van der Waals surface area contributed by atoms with Crippen LogP contribution in [0.3, 0.4) is 0 Å². The third kappa shape index (κ3) is 4.01. The molecule has 2 heterocycles. The molecule has 0 aliphatic carbocycles. The van der Waals surface area contributed by atoms with Crippen molar-refractivity contribution in [1.82, 2.24) is 19.8 Å². The molecule has 6 nitrogen and oxygen atoms in total. The number of likely N-dealkylation sites (tertiary alicyclic amines) is 1. The number of aryl methyl sites for hydroxylation is 1. The number of aliphatic hydroxyl groups is 1. The smallest absolute Gasteiger partial charge is 0.240 e. The molecule has 0 spiro atoms. The highest BCUT2D eigenvalue weighted by Crippen LogP contribution is 2.19. The maximum absolute atomic E-state index is 12.3. The highest BCUT2D eigenvalue weighted by atomic mass is 16.3. The molecule has 2 N–H and O–H groups in total. The summed E-state index contributed by atoms with van der Waals surface area (Å²) in [6, 6.07) is 10.2. The zero-order chi connectivity index (χ0) is 16.9. The van der Waals surface area contributed by atoms with Crippen LogP contribution in [0, 0.1) is 12.8 Å². The summed E-state index contributed by atoms with van der Waals surface area (Å²) in [5.41, 5.74) is 1.25. The number of amides is 1. The van der Waals surface area contributed by atoms with Crippen molar-refractivity contribution in [1.29, 1.82) is 0 Å². The summed E-state index contributed by atoms with van der Waals surface area (Å²) in [7, 11) is 0. The minimum Gasteiger partial charge on any atom is -0.396 e. The molecule has 0 bridgehead atoms. The van der Waals surface area contributed by atoms with Crippen molar-refractivity contribution >= 4 is 5.91 Å². The maximum Gasteiger partial charge on any atom is 0.240 e. The Morgan fingerprint density at radius 2 is 2.12 bits per heavy atom. The lowest BCUT2D eigenvalue weighted by atomic mass is 10.1. The van der Waals surface area contributed by atoms with Crippen molar-refractivity contribution in [2.75, 3.05) is 19.7 Å². The summed E-state index contributed by atoms with van der Waals surface area (Å²) in [6.45, 7) is 4.61. The zero-order valence-electron chi connectivity index (χ0n) is 13.9. The molecular formula is C18H24N4O2. The number of hydrogen-bond donors (Lipinski definition) is 2. The molecule has 2 aromatic rings. The van der Waals surface area contributed by atoms with E-state index in [4.69, 9.17) is 0 Å². The van der Waals surface area contributed by atoms with Gasteiger partial charge in [-0.1, -0.05) is 30.3 Å². The van der Waals surface area contributed by atoms with E-state index in [0.29, 0.717) is 0 Å². The van der Waals surface area contributed by atoms with Crippen LogP contribution in [0.5, 0.6) is 0 Å². The lowest BCUT2D eigenvalue weighted by Crippen LogP contribution is -2.43. The second-order valence-corrected chi connectivity index (χ2v) is 6.40. The van der Waals surface area contributed by atoms with E-state index in [1.165, 1.54) is 5.56 Å². The standard InChI is InChI=1S/C18H24N4O2/c1-14-19-7-8-22(14)12-18(24)20-17-11-21(10-16(17)13-23)9-15-5-3-2-4-6-15/h2-8,16-17,23H,9-13H2,1H3,(H,20,24)/t16-,17+/m0/s1. The number of carbonyl (C=O) groups excluding carboxylic acids is 1. The Balaban J connectivity index is 1.56. The predicted octanol–water partition coefficient (Wildman–Crippen LogP) is 0.801. The van der Waals surface area contributed by atoms with Gasteiger partial charge in [0.05, 0.1) is 0 Å². The van der Waals surface area contributed by atoms with Gasteiger partial charge in [0.25, 0.3) is 0 Å². The maximum atomic E-state index is 12.3. The topological polar surface area (TPSA) is 70.4 Å². The molecule has 0 radical (unpaired) electrons. The highest BCUT2D eigenvalue weighted by Gasteiger charge is 2.33. The highest BCUT2D eigenvalue weighted by molar-refractivity contribution is 5.76. The first kappa shape index (κ1) is 16.7. The van der Waals surface area contributed by atoms with Crippen LogP contribution < -0.4 is 5.32 Å². The predicted molar refractivity (Wildman–Crippen MR) is 91.2 cm³/mol. The second-order valence-electron chi connectivity index (χ2n) is 6.40. The van der Waals surface area contributed by atoms with Crippen LogP contribution in [0.1, 0.15) is 11.4 Å². The molecule has 6 heteroatoms. The molecule has 0 unspecified atom stereocenters. The van der Waals surface area contributed by atoms with Crippen molar-refractivity contribution in [2.45, 2.75) is 26.1 Å². The Labute approximate surface area is 142 Å². The van der Waals surface area contributed by atoms with E-state index in [2.05, 4.69) is 27.3 Å². The molecule has 3 rings (SSSR count). The summed E-state index contributed by atoms with van der Waals surface area (Å²) in [5, 5.41) is 12.7. The van der Waals surface area contributed by atoms with Crippen molar-refractivity contribution < 1.29 is 9.90 Å². The first-order chi connectivity index (χ1) is 11.7. The number of nitrogens with one attached hydrogen (secondary N) is 1. The number of imidazole rings is 1. The fourth-order valence-electron chi connectivity index (χ4n) is 3.26. The molecule has 128 valence electrons. The van der Waals surface area contributed by atoms with Crippen LogP contribution in [0.2, 0.25) is 0 Å². The van der Waals surface area contributed by atoms with Crippen molar-refractivity contribution in [3.05, 3.63) is 54.1 Å². The van der Waals surface area contributed by atoms with E-state index in [1.807, 2.05) is 29.7 Å². The van der Waals surface area contributed by atoms with Gasteiger partial charge in [-0.2, -0.15) is 0 Å². The van der Waals surface area contributed by atoms with Crippen LogP contribution in [0.25, 0.3) is 0 Å². The van der Waals surface area contributed by atoms with Gasteiger partial charge >= 0.3 is 0 Å². The van der Waals surface area contributed by atoms with Gasteiger partial charge in [0.1, 0.15) is 12.4 Å². The molecule has 1 aliphatic rings. The van der Waals surface area contributed by atoms with E-state index in [-0.39, 0.29) is 31.0 Å². The molecule has 0 saturated carbocycles. The van der Waals surface area contributed by atoms with Gasteiger partial charge in [0, 0.05) is 50.6 Å². The fraction of sp³-hybridized carbons (Fsp3) is 0.444. The minimum absolute atomic E-state index is 0.0185. The molecule has 1 aromatic heterocycles. The Bertz CT molecular complexity index is 671. The molecule has 1 aliphatic heterocycles. The Hall–Kier alpha value is -2.18. The average molecular weight is 328 g/mol. The van der Waals surface area contributed by atoms with E-state index in [0.717, 1.165) is 25.5 Å². The van der Waals surface area contributed by atoms with Crippen molar-refractivity contribution in [3.8, 4) is 0 Å². The summed E-state index contributed by atoms with van der Waals surface area (Å²) < 4.78 is 1.82. The lowest BCUT2D eigenvalue weighted by Gasteiger charge is -2.18. The van der Waals surface area contributed by atoms with Crippen LogP contribution in [0.4, 0.5) is 0 Å².